The first-order chi connectivity index (χ1) is 16.9. The SMILES string of the molecule is CC(=O)Nc1ccc(N2C(=S)N[C@@H](c3ccccn3)[C@H]2c2cccn2-c2ccc(Cl)c(C)c2)cc1. The molecule has 0 radical (unpaired) electrons. The molecule has 3 heterocycles. The zero-order valence-corrected chi connectivity index (χ0v) is 20.8. The van der Waals surface area contributed by atoms with Crippen LogP contribution in [0.5, 0.6) is 0 Å². The van der Waals surface area contributed by atoms with Gasteiger partial charge in [0, 0.05) is 47.1 Å². The Balaban J connectivity index is 1.62. The maximum atomic E-state index is 11.5. The average Bonchev–Trinajstić information content (AvgIpc) is 3.46. The van der Waals surface area contributed by atoms with E-state index in [1.165, 1.54) is 6.92 Å². The van der Waals surface area contributed by atoms with Crippen molar-refractivity contribution in [2.24, 2.45) is 0 Å². The Morgan fingerprint density at radius 1 is 1.06 bits per heavy atom. The van der Waals surface area contributed by atoms with E-state index in [2.05, 4.69) is 37.2 Å². The number of halogens is 1. The number of pyridine rings is 1. The molecule has 5 rings (SSSR count). The molecule has 0 aliphatic carbocycles. The summed E-state index contributed by atoms with van der Waals surface area (Å²) in [4.78, 5) is 18.2. The number of anilines is 2. The van der Waals surface area contributed by atoms with Crippen LogP contribution in [0.3, 0.4) is 0 Å². The zero-order valence-electron chi connectivity index (χ0n) is 19.3. The number of carbonyl (C=O) groups is 1. The summed E-state index contributed by atoms with van der Waals surface area (Å²) in [5, 5.41) is 7.65. The predicted molar refractivity (Wildman–Crippen MR) is 144 cm³/mol. The highest BCUT2D eigenvalue weighted by molar-refractivity contribution is 7.80. The van der Waals surface area contributed by atoms with Gasteiger partial charge < -0.3 is 20.1 Å². The van der Waals surface area contributed by atoms with Gasteiger partial charge in [-0.25, -0.2) is 0 Å². The lowest BCUT2D eigenvalue weighted by atomic mass is 10.0. The molecule has 6 nitrogen and oxygen atoms in total. The molecular formula is C27H24ClN5OS. The summed E-state index contributed by atoms with van der Waals surface area (Å²) >= 11 is 12.1. The monoisotopic (exact) mass is 501 g/mol. The van der Waals surface area contributed by atoms with Crippen LogP contribution in [0.4, 0.5) is 11.4 Å². The Kier molecular flexibility index (Phi) is 6.28. The highest BCUT2D eigenvalue weighted by Gasteiger charge is 2.42. The number of aromatic nitrogens is 2. The molecule has 1 aliphatic rings. The van der Waals surface area contributed by atoms with Crippen molar-refractivity contribution in [1.29, 1.82) is 0 Å². The van der Waals surface area contributed by atoms with Crippen LogP contribution in [-0.4, -0.2) is 20.6 Å². The third kappa shape index (κ3) is 4.52. The van der Waals surface area contributed by atoms with E-state index in [4.69, 9.17) is 23.8 Å². The summed E-state index contributed by atoms with van der Waals surface area (Å²) < 4.78 is 2.16. The lowest BCUT2D eigenvalue weighted by Crippen LogP contribution is -2.30. The van der Waals surface area contributed by atoms with Crippen LogP contribution in [0, 0.1) is 6.92 Å². The maximum absolute atomic E-state index is 11.5. The highest BCUT2D eigenvalue weighted by Crippen LogP contribution is 2.42. The molecule has 176 valence electrons. The van der Waals surface area contributed by atoms with Crippen LogP contribution < -0.4 is 15.5 Å². The number of hydrogen-bond acceptors (Lipinski definition) is 3. The minimum Gasteiger partial charge on any atom is -0.351 e. The van der Waals surface area contributed by atoms with Gasteiger partial charge in [0.05, 0.1) is 11.7 Å². The smallest absolute Gasteiger partial charge is 0.221 e. The van der Waals surface area contributed by atoms with Crippen molar-refractivity contribution in [3.63, 3.8) is 0 Å². The normalized spacial score (nSPS) is 17.3. The maximum Gasteiger partial charge on any atom is 0.221 e. The van der Waals surface area contributed by atoms with Gasteiger partial charge in [0.15, 0.2) is 5.11 Å². The molecule has 2 atom stereocenters. The summed E-state index contributed by atoms with van der Waals surface area (Å²) in [6.45, 7) is 3.49. The lowest BCUT2D eigenvalue weighted by molar-refractivity contribution is -0.114. The fraction of sp³-hybridized carbons (Fsp3) is 0.148. The van der Waals surface area contributed by atoms with Gasteiger partial charge >= 0.3 is 0 Å². The van der Waals surface area contributed by atoms with Crippen LogP contribution in [0.15, 0.2) is 85.2 Å². The minimum atomic E-state index is -0.171. The van der Waals surface area contributed by atoms with Gasteiger partial charge in [-0.3, -0.25) is 9.78 Å². The Hall–Kier alpha value is -3.68. The number of benzene rings is 2. The van der Waals surface area contributed by atoms with E-state index in [-0.39, 0.29) is 18.0 Å². The summed E-state index contributed by atoms with van der Waals surface area (Å²) in [5.74, 6) is -0.111. The standard InChI is InChI=1S/C27H24ClN5OS/c1-17-16-21(12-13-22(17)28)32-15-5-7-24(32)26-25(23-6-3-4-14-29-23)31-27(35)33(26)20-10-8-19(9-11-20)30-18(2)34/h3-16,25-26H,1-2H3,(H,30,34)(H,31,35)/t25-,26+/m0/s1. The van der Waals surface area contributed by atoms with E-state index in [0.29, 0.717) is 5.11 Å². The van der Waals surface area contributed by atoms with E-state index >= 15 is 0 Å². The van der Waals surface area contributed by atoms with Gasteiger partial charge in [0.2, 0.25) is 5.91 Å². The quantitative estimate of drug-likeness (QED) is 0.330. The van der Waals surface area contributed by atoms with Crippen molar-refractivity contribution in [3.8, 4) is 5.69 Å². The van der Waals surface area contributed by atoms with Crippen molar-refractivity contribution < 1.29 is 4.79 Å². The van der Waals surface area contributed by atoms with E-state index in [9.17, 15) is 4.79 Å². The van der Waals surface area contributed by atoms with Crippen LogP contribution in [0.1, 0.15) is 36.0 Å². The molecule has 1 saturated heterocycles. The minimum absolute atomic E-state index is 0.111. The molecule has 2 aromatic carbocycles. The topological polar surface area (TPSA) is 62.2 Å². The summed E-state index contributed by atoms with van der Waals surface area (Å²) in [7, 11) is 0. The Morgan fingerprint density at radius 3 is 2.51 bits per heavy atom. The van der Waals surface area contributed by atoms with Gasteiger partial charge in [0.1, 0.15) is 6.04 Å². The van der Waals surface area contributed by atoms with Crippen LogP contribution in [0.2, 0.25) is 5.02 Å². The van der Waals surface area contributed by atoms with Crippen molar-refractivity contribution in [2.45, 2.75) is 25.9 Å². The number of carbonyl (C=O) groups excluding carboxylic acids is 1. The van der Waals surface area contributed by atoms with E-state index in [1.54, 1.807) is 6.20 Å². The fourth-order valence-corrected chi connectivity index (χ4v) is 4.95. The lowest BCUT2D eigenvalue weighted by Gasteiger charge is -2.29. The third-order valence-electron chi connectivity index (χ3n) is 6.07. The average molecular weight is 502 g/mol. The molecule has 4 aromatic rings. The Labute approximate surface area is 214 Å². The first-order valence-corrected chi connectivity index (χ1v) is 12.0. The van der Waals surface area contributed by atoms with Crippen molar-refractivity contribution >= 4 is 46.2 Å². The van der Waals surface area contributed by atoms with Crippen molar-refractivity contribution in [2.75, 3.05) is 10.2 Å². The largest absolute Gasteiger partial charge is 0.351 e. The molecule has 0 spiro atoms. The first kappa shape index (κ1) is 23.1. The Bertz CT molecular complexity index is 1390. The molecule has 0 bridgehead atoms. The molecule has 2 N–H and O–H groups in total. The molecule has 2 aromatic heterocycles. The first-order valence-electron chi connectivity index (χ1n) is 11.2. The van der Waals surface area contributed by atoms with Crippen molar-refractivity contribution in [3.05, 3.63) is 107 Å². The van der Waals surface area contributed by atoms with Gasteiger partial charge in [-0.05, 0) is 91.4 Å². The number of nitrogens with zero attached hydrogens (tertiary/aromatic N) is 3. The summed E-state index contributed by atoms with van der Waals surface area (Å²) in [6, 6.07) is 23.4. The molecule has 8 heteroatoms. The van der Waals surface area contributed by atoms with Gasteiger partial charge in [-0.2, -0.15) is 0 Å². The van der Waals surface area contributed by atoms with Crippen LogP contribution >= 0.6 is 23.8 Å². The fourth-order valence-electron chi connectivity index (χ4n) is 4.49. The molecule has 1 aliphatic heterocycles. The zero-order chi connectivity index (χ0) is 24.5. The third-order valence-corrected chi connectivity index (χ3v) is 6.81. The van der Waals surface area contributed by atoms with Gasteiger partial charge in [0.25, 0.3) is 0 Å². The van der Waals surface area contributed by atoms with Crippen LogP contribution in [0.25, 0.3) is 5.69 Å². The second-order valence-electron chi connectivity index (χ2n) is 8.46. The van der Waals surface area contributed by atoms with Gasteiger partial charge in [-0.1, -0.05) is 17.7 Å². The summed E-state index contributed by atoms with van der Waals surface area (Å²) in [5.41, 5.74) is 5.64. The second kappa shape index (κ2) is 9.52. The van der Waals surface area contributed by atoms with E-state index < -0.39 is 0 Å². The number of aryl methyl sites for hydroxylation is 1. The molecule has 1 fully saturated rings. The Morgan fingerprint density at radius 2 is 1.83 bits per heavy atom. The molecule has 35 heavy (non-hydrogen) atoms. The highest BCUT2D eigenvalue weighted by atomic mass is 35.5. The predicted octanol–water partition coefficient (Wildman–Crippen LogP) is 5.97. The number of amides is 1. The number of rotatable bonds is 5. The number of nitrogens with one attached hydrogen (secondary N) is 2. The molecule has 0 saturated carbocycles. The second-order valence-corrected chi connectivity index (χ2v) is 9.26. The molecule has 1 amide bonds. The number of thiocarbonyl (C=S) groups is 1. The summed E-state index contributed by atoms with van der Waals surface area (Å²) in [6.07, 6.45) is 3.84. The van der Waals surface area contributed by atoms with Gasteiger partial charge in [-0.15, -0.1) is 0 Å². The van der Waals surface area contributed by atoms with Crippen molar-refractivity contribution in [1.82, 2.24) is 14.9 Å². The molecule has 0 unspecified atom stereocenters. The van der Waals surface area contributed by atoms with E-state index in [1.807, 2.05) is 73.8 Å². The number of hydrogen-bond donors (Lipinski definition) is 2. The molecular weight excluding hydrogens is 478 g/mol. The van der Waals surface area contributed by atoms with E-state index in [0.717, 1.165) is 39.0 Å². The van der Waals surface area contributed by atoms with Crippen LogP contribution in [-0.2, 0) is 4.79 Å².